The Balaban J connectivity index is 1.77. The molecule has 0 saturated carbocycles. The fraction of sp³-hybridized carbons (Fsp3) is 0.350. The molecule has 8 nitrogen and oxygen atoms in total. The average Bonchev–Trinajstić information content (AvgIpc) is 3.20. The van der Waals surface area contributed by atoms with Crippen LogP contribution in [0.25, 0.3) is 0 Å². The van der Waals surface area contributed by atoms with Crippen molar-refractivity contribution in [1.29, 1.82) is 0 Å². The molecule has 0 spiro atoms. The number of halogens is 3. The molecule has 1 saturated heterocycles. The van der Waals surface area contributed by atoms with Crippen LogP contribution in [0.2, 0.25) is 15.1 Å². The van der Waals surface area contributed by atoms with Crippen molar-refractivity contribution in [2.75, 3.05) is 30.3 Å². The minimum absolute atomic E-state index is 0.0743. The summed E-state index contributed by atoms with van der Waals surface area (Å²) in [6, 6.07) is 6.60. The first-order valence-corrected chi connectivity index (χ1v) is 12.5. The lowest BCUT2D eigenvalue weighted by molar-refractivity contribution is 0.262. The highest BCUT2D eigenvalue weighted by atomic mass is 35.5. The van der Waals surface area contributed by atoms with Crippen molar-refractivity contribution in [3.8, 4) is 5.75 Å². The lowest BCUT2D eigenvalue weighted by Crippen LogP contribution is -2.40. The summed E-state index contributed by atoms with van der Waals surface area (Å²) in [5.41, 5.74) is 0.109. The largest absolute Gasteiger partial charge is 0.504 e. The van der Waals surface area contributed by atoms with Crippen molar-refractivity contribution in [3.05, 3.63) is 45.4 Å². The monoisotopic (exact) mass is 520 g/mol. The highest BCUT2D eigenvalue weighted by molar-refractivity contribution is 7.89. The third-order valence-electron chi connectivity index (χ3n) is 5.21. The Morgan fingerprint density at radius 3 is 2.56 bits per heavy atom. The predicted molar refractivity (Wildman–Crippen MR) is 128 cm³/mol. The van der Waals surface area contributed by atoms with Crippen LogP contribution in [0.1, 0.15) is 19.8 Å². The second-order valence-electron chi connectivity index (χ2n) is 7.23. The fourth-order valence-electron chi connectivity index (χ4n) is 3.60. The topological polar surface area (TPSA) is 111 Å². The van der Waals surface area contributed by atoms with E-state index < -0.39 is 26.7 Å². The first kappa shape index (κ1) is 24.9. The molecule has 0 radical (unpaired) electrons. The van der Waals surface area contributed by atoms with Gasteiger partial charge in [0.25, 0.3) is 0 Å². The van der Waals surface area contributed by atoms with Crippen LogP contribution in [0, 0.1) is 0 Å². The zero-order valence-corrected chi connectivity index (χ0v) is 20.2. The third kappa shape index (κ3) is 5.59. The van der Waals surface area contributed by atoms with E-state index >= 15 is 0 Å². The number of carbonyl (C=O) groups excluding carboxylic acids is 1. The second kappa shape index (κ2) is 10.5. The number of phenolic OH excluding ortho intramolecular Hbond substituents is 1. The zero-order chi connectivity index (χ0) is 23.5. The maximum atomic E-state index is 12.9. The van der Waals surface area contributed by atoms with Crippen LogP contribution in [-0.2, 0) is 10.0 Å². The standard InChI is InChI=1S/C20H23Cl3N4O4S/c1-2-27-10-4-5-12(27)11-24-32(30,31)19-14(22)8-9-16(18(19)28)26-20(29)25-15-7-3-6-13(21)17(15)23/h3,6-9,12,24,28H,2,4-5,10-11H2,1H3,(H2,25,26,29). The number of carbonyl (C=O) groups is 1. The lowest BCUT2D eigenvalue weighted by Gasteiger charge is -2.23. The van der Waals surface area contributed by atoms with E-state index in [2.05, 4.69) is 20.3 Å². The Bertz CT molecular complexity index is 1110. The van der Waals surface area contributed by atoms with Crippen LogP contribution in [0.5, 0.6) is 5.75 Å². The third-order valence-corrected chi connectivity index (χ3v) is 7.96. The number of likely N-dealkylation sites (N-methyl/N-ethyl adjacent to an activating group) is 1. The van der Waals surface area contributed by atoms with Crippen molar-refractivity contribution in [1.82, 2.24) is 9.62 Å². The first-order chi connectivity index (χ1) is 15.1. The molecule has 2 amide bonds. The van der Waals surface area contributed by atoms with Crippen molar-refractivity contribution in [2.45, 2.75) is 30.7 Å². The van der Waals surface area contributed by atoms with Crippen molar-refractivity contribution >= 4 is 62.2 Å². The van der Waals surface area contributed by atoms with Crippen LogP contribution < -0.4 is 15.4 Å². The Labute approximate surface area is 201 Å². The average molecular weight is 522 g/mol. The molecule has 0 bridgehead atoms. The van der Waals surface area contributed by atoms with E-state index in [1.165, 1.54) is 18.2 Å². The molecule has 174 valence electrons. The number of hydrogen-bond acceptors (Lipinski definition) is 5. The van der Waals surface area contributed by atoms with Crippen LogP contribution in [0.3, 0.4) is 0 Å². The number of sulfonamides is 1. The molecule has 1 heterocycles. The van der Waals surface area contributed by atoms with Gasteiger partial charge < -0.3 is 15.7 Å². The minimum Gasteiger partial charge on any atom is -0.504 e. The summed E-state index contributed by atoms with van der Waals surface area (Å²) in [6.45, 7) is 3.95. The van der Waals surface area contributed by atoms with E-state index in [4.69, 9.17) is 34.8 Å². The number of hydrogen-bond donors (Lipinski definition) is 4. The molecule has 1 unspecified atom stereocenters. The Morgan fingerprint density at radius 1 is 1.12 bits per heavy atom. The Kier molecular flexibility index (Phi) is 8.13. The SMILES string of the molecule is CCN1CCCC1CNS(=O)(=O)c1c(Cl)ccc(NC(=O)Nc2cccc(Cl)c2Cl)c1O. The molecule has 12 heteroatoms. The lowest BCUT2D eigenvalue weighted by atomic mass is 10.2. The van der Waals surface area contributed by atoms with Crippen LogP contribution in [0.4, 0.5) is 16.2 Å². The van der Waals surface area contributed by atoms with Crippen molar-refractivity contribution < 1.29 is 18.3 Å². The van der Waals surface area contributed by atoms with Gasteiger partial charge in [-0.1, -0.05) is 47.8 Å². The molecular weight excluding hydrogens is 499 g/mol. The molecule has 4 N–H and O–H groups in total. The van der Waals surface area contributed by atoms with Crippen molar-refractivity contribution in [3.63, 3.8) is 0 Å². The smallest absolute Gasteiger partial charge is 0.323 e. The van der Waals surface area contributed by atoms with Gasteiger partial charge in [-0.3, -0.25) is 4.90 Å². The summed E-state index contributed by atoms with van der Waals surface area (Å²) >= 11 is 18.1. The maximum absolute atomic E-state index is 12.9. The van der Waals surface area contributed by atoms with E-state index in [1.807, 2.05) is 6.92 Å². The Morgan fingerprint density at radius 2 is 1.84 bits per heavy atom. The first-order valence-electron chi connectivity index (χ1n) is 9.91. The van der Waals surface area contributed by atoms with Gasteiger partial charge in [-0.15, -0.1) is 0 Å². The number of nitrogens with one attached hydrogen (secondary N) is 3. The maximum Gasteiger partial charge on any atom is 0.323 e. The van der Waals surface area contributed by atoms with Gasteiger partial charge in [0, 0.05) is 12.6 Å². The molecule has 0 aliphatic carbocycles. The van der Waals surface area contributed by atoms with E-state index in [1.54, 1.807) is 12.1 Å². The highest BCUT2D eigenvalue weighted by Gasteiger charge is 2.29. The molecule has 2 aromatic rings. The van der Waals surface area contributed by atoms with Gasteiger partial charge in [-0.05, 0) is 50.2 Å². The molecule has 32 heavy (non-hydrogen) atoms. The summed E-state index contributed by atoms with van der Waals surface area (Å²) in [7, 11) is -4.14. The van der Waals surface area contributed by atoms with Crippen LogP contribution in [0.15, 0.2) is 35.2 Å². The van der Waals surface area contributed by atoms with Gasteiger partial charge >= 0.3 is 6.03 Å². The number of benzene rings is 2. The van der Waals surface area contributed by atoms with Crippen LogP contribution in [-0.4, -0.2) is 50.1 Å². The number of urea groups is 1. The molecule has 1 aliphatic heterocycles. The Hall–Kier alpha value is -1.75. The number of likely N-dealkylation sites (tertiary alicyclic amines) is 1. The summed E-state index contributed by atoms with van der Waals surface area (Å²) in [5.74, 6) is -0.670. The molecule has 1 fully saturated rings. The predicted octanol–water partition coefficient (Wildman–Crippen LogP) is 4.76. The summed E-state index contributed by atoms with van der Waals surface area (Å²) in [4.78, 5) is 14.1. The number of nitrogens with zero attached hydrogens (tertiary/aromatic N) is 1. The van der Waals surface area contributed by atoms with Gasteiger partial charge in [0.15, 0.2) is 5.75 Å². The molecule has 1 aliphatic rings. The minimum atomic E-state index is -4.14. The van der Waals surface area contributed by atoms with Crippen LogP contribution >= 0.6 is 34.8 Å². The van der Waals surface area contributed by atoms with Gasteiger partial charge in [-0.2, -0.15) is 0 Å². The van der Waals surface area contributed by atoms with Crippen molar-refractivity contribution in [2.24, 2.45) is 0 Å². The molecule has 1 atom stereocenters. The quantitative estimate of drug-likeness (QED) is 0.393. The second-order valence-corrected chi connectivity index (χ2v) is 10.1. The van der Waals surface area contributed by atoms with E-state index in [0.717, 1.165) is 25.9 Å². The summed E-state index contributed by atoms with van der Waals surface area (Å²) in [5, 5.41) is 15.7. The van der Waals surface area contributed by atoms with Gasteiger partial charge in [-0.25, -0.2) is 17.9 Å². The summed E-state index contributed by atoms with van der Waals surface area (Å²) in [6.07, 6.45) is 1.88. The molecule has 0 aromatic heterocycles. The number of aromatic hydroxyl groups is 1. The van der Waals surface area contributed by atoms with Gasteiger partial charge in [0.2, 0.25) is 10.0 Å². The van der Waals surface area contributed by atoms with E-state index in [0.29, 0.717) is 0 Å². The molecule has 2 aromatic carbocycles. The number of amides is 2. The summed E-state index contributed by atoms with van der Waals surface area (Å²) < 4.78 is 28.3. The normalized spacial score (nSPS) is 16.8. The number of rotatable bonds is 7. The fourth-order valence-corrected chi connectivity index (χ4v) is 5.65. The number of anilines is 2. The number of phenols is 1. The molecular formula is C20H23Cl3N4O4S. The zero-order valence-electron chi connectivity index (χ0n) is 17.2. The van der Waals surface area contributed by atoms with E-state index in [-0.39, 0.29) is 39.0 Å². The van der Waals surface area contributed by atoms with Gasteiger partial charge in [0.1, 0.15) is 4.90 Å². The highest BCUT2D eigenvalue weighted by Crippen LogP contribution is 2.37. The van der Waals surface area contributed by atoms with E-state index in [9.17, 15) is 18.3 Å². The molecule has 3 rings (SSSR count). The van der Waals surface area contributed by atoms with Gasteiger partial charge in [0.05, 0.1) is 26.4 Å².